The predicted molar refractivity (Wildman–Crippen MR) is 61.9 cm³/mol. The fourth-order valence-corrected chi connectivity index (χ4v) is 1.03. The van der Waals surface area contributed by atoms with E-state index in [4.69, 9.17) is 0 Å². The minimum atomic E-state index is -7.24. The van der Waals surface area contributed by atoms with Crippen molar-refractivity contribution < 1.29 is 62.6 Å². The largest absolute Gasteiger partial charge is 0.462 e. The summed E-state index contributed by atoms with van der Waals surface area (Å²) in [5, 5.41) is 0. The maximum atomic E-state index is 13.9. The highest BCUT2D eigenvalue weighted by Crippen LogP contribution is 2.51. The van der Waals surface area contributed by atoms with Crippen molar-refractivity contribution in [3.05, 3.63) is 0 Å². The number of hydrogen-bond donors (Lipinski definition) is 0. The Morgan fingerprint density at radius 2 is 1.15 bits per heavy atom. The summed E-state index contributed by atoms with van der Waals surface area (Å²) in [7, 11) is 0. The minimum absolute atomic E-state index is 0.900. The normalized spacial score (nSPS) is 18.3. The van der Waals surface area contributed by atoms with E-state index >= 15 is 0 Å². The van der Waals surface area contributed by atoms with Gasteiger partial charge in [0.1, 0.15) is 6.10 Å². The molecule has 0 unspecified atom stereocenters. The molecule has 2 atom stereocenters. The molecule has 0 aromatic heterocycles. The first-order valence-corrected chi connectivity index (χ1v) is 6.50. The lowest BCUT2D eigenvalue weighted by atomic mass is 9.90. The van der Waals surface area contributed by atoms with Gasteiger partial charge in [0.15, 0.2) is 0 Å². The number of rotatable bonds is 5. The second-order valence-corrected chi connectivity index (χ2v) is 6.20. The summed E-state index contributed by atoms with van der Waals surface area (Å²) < 4.78 is 145. The van der Waals surface area contributed by atoms with Gasteiger partial charge in [-0.05, 0) is 12.3 Å². The number of carbonyl (C=O) groups is 1. The highest BCUT2D eigenvalue weighted by atomic mass is 19.4. The standard InChI is InChI=1S/C12H13F11O3/c1-5(7(2,3)4)25-6(24)8(13,10(16,17)18)26-12(22,23)9(14,15)11(19,20)21/h5H,1-4H3/t5-,8-/m0/s1. The zero-order valence-electron chi connectivity index (χ0n) is 13.5. The third kappa shape index (κ3) is 4.68. The molecule has 0 aliphatic heterocycles. The molecule has 0 aliphatic rings. The van der Waals surface area contributed by atoms with Crippen molar-refractivity contribution in [2.75, 3.05) is 0 Å². The van der Waals surface area contributed by atoms with Crippen LogP contribution in [-0.4, -0.2) is 42.3 Å². The Morgan fingerprint density at radius 1 is 0.769 bits per heavy atom. The van der Waals surface area contributed by atoms with Crippen molar-refractivity contribution in [2.45, 2.75) is 64.0 Å². The Balaban J connectivity index is 5.96. The highest BCUT2D eigenvalue weighted by molar-refractivity contribution is 5.79. The van der Waals surface area contributed by atoms with Crippen LogP contribution in [0.5, 0.6) is 0 Å². The SMILES string of the molecule is C[C@H](OC(=O)[C@](F)(OC(F)(F)C(F)(F)C(F)(F)F)C(F)(F)F)C(C)(C)C. The van der Waals surface area contributed by atoms with Crippen LogP contribution in [0.25, 0.3) is 0 Å². The molecule has 26 heavy (non-hydrogen) atoms. The third-order valence-corrected chi connectivity index (χ3v) is 3.12. The van der Waals surface area contributed by atoms with Crippen molar-refractivity contribution in [1.29, 1.82) is 0 Å². The molecule has 0 saturated carbocycles. The monoisotopic (exact) mass is 414 g/mol. The van der Waals surface area contributed by atoms with Gasteiger partial charge in [-0.15, -0.1) is 0 Å². The van der Waals surface area contributed by atoms with Crippen LogP contribution in [0.2, 0.25) is 0 Å². The van der Waals surface area contributed by atoms with Crippen LogP contribution in [0.4, 0.5) is 48.3 Å². The van der Waals surface area contributed by atoms with Gasteiger partial charge in [-0.2, -0.15) is 48.3 Å². The van der Waals surface area contributed by atoms with Gasteiger partial charge in [-0.3, -0.25) is 4.74 Å². The molecule has 0 amide bonds. The summed E-state index contributed by atoms with van der Waals surface area (Å²) in [6.07, 6.45) is -22.5. The molecular formula is C12H13F11O3. The van der Waals surface area contributed by atoms with E-state index in [-0.39, 0.29) is 0 Å². The maximum absolute atomic E-state index is 13.9. The Kier molecular flexibility index (Phi) is 6.33. The van der Waals surface area contributed by atoms with E-state index in [0.717, 1.165) is 6.92 Å². The van der Waals surface area contributed by atoms with Crippen LogP contribution in [0.15, 0.2) is 0 Å². The summed E-state index contributed by atoms with van der Waals surface area (Å²) in [5.74, 6) is -16.8. The molecular weight excluding hydrogens is 401 g/mol. The van der Waals surface area contributed by atoms with Gasteiger partial charge < -0.3 is 4.74 Å². The van der Waals surface area contributed by atoms with Gasteiger partial charge in [-0.1, -0.05) is 20.8 Å². The molecule has 0 bridgehead atoms. The van der Waals surface area contributed by atoms with Gasteiger partial charge in [0.25, 0.3) is 0 Å². The Bertz CT molecular complexity index is 518. The fraction of sp³-hybridized carbons (Fsp3) is 0.917. The Labute approximate surface area is 139 Å². The lowest BCUT2D eigenvalue weighted by molar-refractivity contribution is -0.475. The van der Waals surface area contributed by atoms with Crippen molar-refractivity contribution in [3.63, 3.8) is 0 Å². The maximum Gasteiger partial charge on any atom is 0.462 e. The molecule has 0 N–H and O–H groups in total. The second kappa shape index (κ2) is 6.68. The summed E-state index contributed by atoms with van der Waals surface area (Å²) in [4.78, 5) is 11.3. The quantitative estimate of drug-likeness (QED) is 0.469. The van der Waals surface area contributed by atoms with Crippen LogP contribution in [0.3, 0.4) is 0 Å². The highest BCUT2D eigenvalue weighted by Gasteiger charge is 2.80. The van der Waals surface area contributed by atoms with Crippen LogP contribution < -0.4 is 0 Å². The van der Waals surface area contributed by atoms with Gasteiger partial charge >= 0.3 is 36.2 Å². The first-order chi connectivity index (χ1) is 11.0. The number of ether oxygens (including phenoxy) is 2. The number of halogens is 11. The molecule has 0 fully saturated rings. The van der Waals surface area contributed by atoms with Crippen LogP contribution in [0, 0.1) is 5.41 Å². The molecule has 0 aliphatic carbocycles. The van der Waals surface area contributed by atoms with Crippen LogP contribution in [-0.2, 0) is 14.3 Å². The molecule has 0 heterocycles. The average molecular weight is 414 g/mol. The summed E-state index contributed by atoms with van der Waals surface area (Å²) >= 11 is 0. The fourth-order valence-electron chi connectivity index (χ4n) is 1.03. The second-order valence-electron chi connectivity index (χ2n) is 6.20. The number of alkyl halides is 11. The zero-order chi connectivity index (χ0) is 21.6. The van der Waals surface area contributed by atoms with Crippen molar-refractivity contribution in [3.8, 4) is 0 Å². The molecule has 0 radical (unpaired) electrons. The summed E-state index contributed by atoms with van der Waals surface area (Å²) in [5.41, 5.74) is -1.17. The Hall–Kier alpha value is -1.34. The van der Waals surface area contributed by atoms with E-state index in [2.05, 4.69) is 9.47 Å². The van der Waals surface area contributed by atoms with E-state index in [9.17, 15) is 53.1 Å². The molecule has 0 aromatic rings. The summed E-state index contributed by atoms with van der Waals surface area (Å²) in [6.45, 7) is 4.67. The summed E-state index contributed by atoms with van der Waals surface area (Å²) in [6, 6.07) is 0. The van der Waals surface area contributed by atoms with Gasteiger partial charge in [-0.25, -0.2) is 4.79 Å². The molecule has 0 saturated heterocycles. The van der Waals surface area contributed by atoms with Crippen molar-refractivity contribution in [1.82, 2.24) is 0 Å². The van der Waals surface area contributed by atoms with E-state index in [1.165, 1.54) is 20.8 Å². The van der Waals surface area contributed by atoms with Crippen molar-refractivity contribution >= 4 is 5.97 Å². The van der Waals surface area contributed by atoms with E-state index in [1.807, 2.05) is 0 Å². The molecule has 0 spiro atoms. The van der Waals surface area contributed by atoms with Gasteiger partial charge in [0.05, 0.1) is 0 Å². The van der Waals surface area contributed by atoms with Gasteiger partial charge in [0, 0.05) is 0 Å². The van der Waals surface area contributed by atoms with E-state index < -0.39 is 47.7 Å². The average Bonchev–Trinajstić information content (AvgIpc) is 2.33. The lowest BCUT2D eigenvalue weighted by Crippen LogP contribution is -2.62. The number of hydrogen-bond acceptors (Lipinski definition) is 3. The topological polar surface area (TPSA) is 35.5 Å². The molecule has 14 heteroatoms. The van der Waals surface area contributed by atoms with Gasteiger partial charge in [0.2, 0.25) is 0 Å². The number of esters is 1. The minimum Gasteiger partial charge on any atom is -0.458 e. The van der Waals surface area contributed by atoms with E-state index in [0.29, 0.717) is 0 Å². The molecule has 3 nitrogen and oxygen atoms in total. The third-order valence-electron chi connectivity index (χ3n) is 3.12. The molecule has 0 aromatic carbocycles. The Morgan fingerprint density at radius 3 is 1.42 bits per heavy atom. The predicted octanol–water partition coefficient (Wildman–Crippen LogP) is 5.00. The smallest absolute Gasteiger partial charge is 0.458 e. The zero-order valence-corrected chi connectivity index (χ0v) is 13.5. The first-order valence-electron chi connectivity index (χ1n) is 6.50. The van der Waals surface area contributed by atoms with Crippen LogP contribution >= 0.6 is 0 Å². The van der Waals surface area contributed by atoms with Crippen molar-refractivity contribution in [2.24, 2.45) is 5.41 Å². The molecule has 0 rings (SSSR count). The first kappa shape index (κ1) is 24.7. The number of carbonyl (C=O) groups excluding carboxylic acids is 1. The van der Waals surface area contributed by atoms with Crippen LogP contribution in [0.1, 0.15) is 27.7 Å². The lowest BCUT2D eigenvalue weighted by Gasteiger charge is -2.35. The molecule has 156 valence electrons. The van der Waals surface area contributed by atoms with E-state index in [1.54, 1.807) is 0 Å².